The van der Waals surface area contributed by atoms with Crippen LogP contribution in [0.5, 0.6) is 11.5 Å². The van der Waals surface area contributed by atoms with Crippen LogP contribution in [-0.4, -0.2) is 11.7 Å². The number of hydrogen-bond donors (Lipinski definition) is 0. The third-order valence-electron chi connectivity index (χ3n) is 3.34. The molecule has 0 saturated carbocycles. The quantitative estimate of drug-likeness (QED) is 0.417. The van der Waals surface area contributed by atoms with Crippen LogP contribution in [0.4, 0.5) is 5.69 Å². The summed E-state index contributed by atoms with van der Waals surface area (Å²) in [5.41, 5.74) is 1.04. The number of benzene rings is 2. The van der Waals surface area contributed by atoms with Gasteiger partial charge in [-0.05, 0) is 6.07 Å². The molecule has 1 heterocycles. The van der Waals surface area contributed by atoms with Crippen molar-refractivity contribution >= 4 is 40.5 Å². The van der Waals surface area contributed by atoms with Crippen LogP contribution in [0.15, 0.2) is 24.3 Å². The number of fused-ring (bicyclic) bond motifs is 1. The number of halogens is 3. The second-order valence-corrected chi connectivity index (χ2v) is 6.17. The first-order valence-electron chi connectivity index (χ1n) is 6.74. The molecule has 2 aromatic rings. The first kappa shape index (κ1) is 17.1. The molecule has 0 spiro atoms. The summed E-state index contributed by atoms with van der Waals surface area (Å²) in [7, 11) is 0. The summed E-state index contributed by atoms with van der Waals surface area (Å²) in [6, 6.07) is 5.77. The second-order valence-electron chi connectivity index (χ2n) is 4.95. The Morgan fingerprint density at radius 3 is 2.62 bits per heavy atom. The van der Waals surface area contributed by atoms with Crippen LogP contribution in [0.25, 0.3) is 0 Å². The maximum Gasteiger partial charge on any atom is 0.270 e. The van der Waals surface area contributed by atoms with Crippen molar-refractivity contribution in [3.63, 3.8) is 0 Å². The molecule has 3 rings (SSSR count). The van der Waals surface area contributed by atoms with Gasteiger partial charge in [-0.2, -0.15) is 0 Å². The maximum absolute atomic E-state index is 11.1. The van der Waals surface area contributed by atoms with E-state index in [2.05, 4.69) is 0 Å². The minimum Gasteiger partial charge on any atom is -0.487 e. The number of nitro groups is 1. The SMILES string of the molecule is O=[N+]([O-])c1cc2c(c(COc3cc(Cl)c(Cl)cc3Cl)c1)OCOC2. The van der Waals surface area contributed by atoms with Gasteiger partial charge in [0.05, 0.1) is 26.6 Å². The fourth-order valence-corrected chi connectivity index (χ4v) is 2.86. The van der Waals surface area contributed by atoms with Crippen LogP contribution in [0, 0.1) is 10.1 Å². The van der Waals surface area contributed by atoms with Crippen LogP contribution in [0.2, 0.25) is 15.1 Å². The number of rotatable bonds is 4. The molecular formula is C15H10Cl3NO5. The van der Waals surface area contributed by atoms with Crippen molar-refractivity contribution in [2.45, 2.75) is 13.2 Å². The van der Waals surface area contributed by atoms with Gasteiger partial charge in [-0.25, -0.2) is 0 Å². The van der Waals surface area contributed by atoms with Crippen molar-refractivity contribution in [2.75, 3.05) is 6.79 Å². The number of hydrogen-bond acceptors (Lipinski definition) is 5. The first-order valence-corrected chi connectivity index (χ1v) is 7.87. The molecule has 0 saturated heterocycles. The average molecular weight is 391 g/mol. The maximum atomic E-state index is 11.1. The van der Waals surface area contributed by atoms with Crippen LogP contribution >= 0.6 is 34.8 Å². The molecule has 0 aromatic heterocycles. The van der Waals surface area contributed by atoms with Crippen LogP contribution in [0.3, 0.4) is 0 Å². The largest absolute Gasteiger partial charge is 0.487 e. The lowest BCUT2D eigenvalue weighted by molar-refractivity contribution is -0.385. The summed E-state index contributed by atoms with van der Waals surface area (Å²) in [4.78, 5) is 10.6. The fraction of sp³-hybridized carbons (Fsp3) is 0.200. The second kappa shape index (κ2) is 7.03. The lowest BCUT2D eigenvalue weighted by Gasteiger charge is -2.20. The molecule has 0 aliphatic carbocycles. The van der Waals surface area contributed by atoms with Crippen molar-refractivity contribution in [3.8, 4) is 11.5 Å². The molecule has 1 aliphatic rings. The van der Waals surface area contributed by atoms with E-state index in [1.54, 1.807) is 0 Å². The van der Waals surface area contributed by atoms with E-state index in [0.29, 0.717) is 32.7 Å². The summed E-state index contributed by atoms with van der Waals surface area (Å²) in [6.45, 7) is 0.324. The normalized spacial score (nSPS) is 13.1. The lowest BCUT2D eigenvalue weighted by atomic mass is 10.1. The average Bonchev–Trinajstić information content (AvgIpc) is 2.56. The van der Waals surface area contributed by atoms with Crippen LogP contribution in [-0.2, 0) is 18.0 Å². The van der Waals surface area contributed by atoms with E-state index in [-0.39, 0.29) is 30.7 Å². The Balaban J connectivity index is 1.91. The monoisotopic (exact) mass is 389 g/mol. The molecule has 126 valence electrons. The molecular weight excluding hydrogens is 381 g/mol. The number of nitro benzene ring substituents is 1. The van der Waals surface area contributed by atoms with Gasteiger partial charge in [-0.3, -0.25) is 10.1 Å². The highest BCUT2D eigenvalue weighted by molar-refractivity contribution is 6.43. The summed E-state index contributed by atoms with van der Waals surface area (Å²) in [5.74, 6) is 0.835. The van der Waals surface area contributed by atoms with Gasteiger partial charge in [0, 0.05) is 29.3 Å². The van der Waals surface area contributed by atoms with E-state index in [0.717, 1.165) is 0 Å². The molecule has 0 radical (unpaired) electrons. The Labute approximate surface area is 151 Å². The fourth-order valence-electron chi connectivity index (χ4n) is 2.26. The number of non-ortho nitro benzene ring substituents is 1. The van der Waals surface area contributed by atoms with Crippen molar-refractivity contribution in [1.82, 2.24) is 0 Å². The Bertz CT molecular complexity index is 812. The van der Waals surface area contributed by atoms with Crippen LogP contribution in [0.1, 0.15) is 11.1 Å². The Hall–Kier alpha value is -1.73. The zero-order chi connectivity index (χ0) is 17.3. The molecule has 24 heavy (non-hydrogen) atoms. The van der Waals surface area contributed by atoms with E-state index >= 15 is 0 Å². The molecule has 9 heteroatoms. The Kier molecular flexibility index (Phi) is 5.01. The molecule has 0 N–H and O–H groups in total. The van der Waals surface area contributed by atoms with Crippen LogP contribution < -0.4 is 9.47 Å². The third-order valence-corrected chi connectivity index (χ3v) is 4.36. The van der Waals surface area contributed by atoms with Crippen molar-refractivity contribution < 1.29 is 19.1 Å². The zero-order valence-electron chi connectivity index (χ0n) is 12.1. The lowest BCUT2D eigenvalue weighted by Crippen LogP contribution is -2.14. The van der Waals surface area contributed by atoms with Gasteiger partial charge in [0.25, 0.3) is 5.69 Å². The van der Waals surface area contributed by atoms with Crippen molar-refractivity contribution in [2.24, 2.45) is 0 Å². The number of nitrogens with zero attached hydrogens (tertiary/aromatic N) is 1. The minimum atomic E-state index is -0.482. The first-order chi connectivity index (χ1) is 11.5. The highest BCUT2D eigenvalue weighted by Gasteiger charge is 2.21. The van der Waals surface area contributed by atoms with E-state index in [4.69, 9.17) is 49.0 Å². The van der Waals surface area contributed by atoms with Gasteiger partial charge < -0.3 is 14.2 Å². The third kappa shape index (κ3) is 3.52. The Morgan fingerprint density at radius 2 is 1.88 bits per heavy atom. The summed E-state index contributed by atoms with van der Waals surface area (Å²) in [5, 5.41) is 12.0. The predicted octanol–water partition coefficient (Wildman–Crippen LogP) is 5.00. The molecule has 1 aliphatic heterocycles. The predicted molar refractivity (Wildman–Crippen MR) is 89.2 cm³/mol. The smallest absolute Gasteiger partial charge is 0.270 e. The van der Waals surface area contributed by atoms with Gasteiger partial charge in [0.1, 0.15) is 18.1 Å². The van der Waals surface area contributed by atoms with Gasteiger partial charge in [0.2, 0.25) is 0 Å². The number of ether oxygens (including phenoxy) is 3. The zero-order valence-corrected chi connectivity index (χ0v) is 14.3. The topological polar surface area (TPSA) is 70.8 Å². The van der Waals surface area contributed by atoms with E-state index < -0.39 is 4.92 Å². The Morgan fingerprint density at radius 1 is 1.12 bits per heavy atom. The summed E-state index contributed by atoms with van der Waals surface area (Å²) < 4.78 is 16.2. The van der Waals surface area contributed by atoms with Crippen molar-refractivity contribution in [3.05, 3.63) is 60.6 Å². The molecule has 0 unspecified atom stereocenters. The van der Waals surface area contributed by atoms with Crippen molar-refractivity contribution in [1.29, 1.82) is 0 Å². The van der Waals surface area contributed by atoms with Gasteiger partial charge in [-0.1, -0.05) is 34.8 Å². The highest BCUT2D eigenvalue weighted by atomic mass is 35.5. The van der Waals surface area contributed by atoms with E-state index in [9.17, 15) is 10.1 Å². The molecule has 2 aromatic carbocycles. The molecule has 0 atom stereocenters. The highest BCUT2D eigenvalue weighted by Crippen LogP contribution is 2.36. The van der Waals surface area contributed by atoms with E-state index in [1.165, 1.54) is 24.3 Å². The van der Waals surface area contributed by atoms with Gasteiger partial charge >= 0.3 is 0 Å². The molecule has 6 nitrogen and oxygen atoms in total. The minimum absolute atomic E-state index is 0.0156. The van der Waals surface area contributed by atoms with Gasteiger partial charge in [-0.15, -0.1) is 0 Å². The molecule has 0 fully saturated rings. The summed E-state index contributed by atoms with van der Waals surface area (Å²) >= 11 is 17.9. The van der Waals surface area contributed by atoms with Gasteiger partial charge in [0.15, 0.2) is 6.79 Å². The molecule has 0 amide bonds. The van der Waals surface area contributed by atoms with E-state index in [1.807, 2.05) is 0 Å². The molecule has 0 bridgehead atoms. The summed E-state index contributed by atoms with van der Waals surface area (Å²) in [6.07, 6.45) is 0. The standard InChI is InChI=1S/C15H10Cl3NO5/c16-11-3-13(18)14(4-12(11)17)23-6-9-2-10(19(20)21)1-8-5-22-7-24-15(8)9/h1-4H,5-7H2.